The fourth-order valence-electron chi connectivity index (χ4n) is 4.54. The highest BCUT2D eigenvalue weighted by Gasteiger charge is 2.27. The standard InChI is InChI=1S/C28H34Cl2FNO4/c1-4-35-28(34)10-8-21-12-18(2)27(31)15-24(21)19(3)36-17-23(33)16-32-11-5-6-22(32)13-20-7-9-25(29)26(30)14-20/h7-10,12,14-15,19,22-23,33H,4-6,11,13,16-17H2,1-3H3/t19-,22+,23-/m1/s1. The third-order valence-electron chi connectivity index (χ3n) is 6.43. The summed E-state index contributed by atoms with van der Waals surface area (Å²) in [6.45, 7) is 6.98. The zero-order chi connectivity index (χ0) is 26.2. The van der Waals surface area contributed by atoms with Gasteiger partial charge in [-0.15, -0.1) is 0 Å². The van der Waals surface area contributed by atoms with E-state index in [2.05, 4.69) is 4.90 Å². The predicted octanol–water partition coefficient (Wildman–Crippen LogP) is 6.16. The van der Waals surface area contributed by atoms with Gasteiger partial charge in [0.2, 0.25) is 0 Å². The van der Waals surface area contributed by atoms with E-state index in [0.717, 1.165) is 31.4 Å². The summed E-state index contributed by atoms with van der Waals surface area (Å²) in [5.74, 6) is -0.813. The molecule has 36 heavy (non-hydrogen) atoms. The van der Waals surface area contributed by atoms with Gasteiger partial charge in [0.1, 0.15) is 5.82 Å². The maximum Gasteiger partial charge on any atom is 0.330 e. The van der Waals surface area contributed by atoms with Crippen LogP contribution in [0.25, 0.3) is 6.08 Å². The maximum absolute atomic E-state index is 14.3. The molecule has 3 rings (SSSR count). The number of ether oxygens (including phenoxy) is 2. The van der Waals surface area contributed by atoms with E-state index in [1.807, 2.05) is 25.1 Å². The second-order valence-electron chi connectivity index (χ2n) is 9.19. The summed E-state index contributed by atoms with van der Waals surface area (Å²) in [7, 11) is 0. The number of hydrogen-bond acceptors (Lipinski definition) is 5. The van der Waals surface area contributed by atoms with Gasteiger partial charge in [0.25, 0.3) is 0 Å². The number of nitrogens with zero attached hydrogens (tertiary/aromatic N) is 1. The minimum atomic E-state index is -0.698. The Labute approximate surface area is 222 Å². The molecule has 3 atom stereocenters. The molecule has 5 nitrogen and oxygen atoms in total. The van der Waals surface area contributed by atoms with E-state index < -0.39 is 18.2 Å². The highest BCUT2D eigenvalue weighted by molar-refractivity contribution is 6.42. The van der Waals surface area contributed by atoms with Gasteiger partial charge in [-0.25, -0.2) is 9.18 Å². The van der Waals surface area contributed by atoms with Crippen molar-refractivity contribution in [2.24, 2.45) is 0 Å². The summed E-state index contributed by atoms with van der Waals surface area (Å²) >= 11 is 12.2. The lowest BCUT2D eigenvalue weighted by Gasteiger charge is -2.27. The fourth-order valence-corrected chi connectivity index (χ4v) is 4.86. The first-order chi connectivity index (χ1) is 17.2. The average molecular weight is 538 g/mol. The molecule has 2 aromatic carbocycles. The van der Waals surface area contributed by atoms with Gasteiger partial charge in [-0.2, -0.15) is 0 Å². The van der Waals surface area contributed by atoms with E-state index in [1.165, 1.54) is 12.1 Å². The van der Waals surface area contributed by atoms with Crippen LogP contribution >= 0.6 is 23.2 Å². The molecule has 1 aliphatic heterocycles. The van der Waals surface area contributed by atoms with Gasteiger partial charge in [0, 0.05) is 18.7 Å². The maximum atomic E-state index is 14.3. The number of hydrogen-bond donors (Lipinski definition) is 1. The first kappa shape index (κ1) is 28.6. The van der Waals surface area contributed by atoms with E-state index in [-0.39, 0.29) is 19.0 Å². The van der Waals surface area contributed by atoms with Crippen molar-refractivity contribution in [1.29, 1.82) is 0 Å². The van der Waals surface area contributed by atoms with Crippen LogP contribution in [-0.2, 0) is 20.7 Å². The largest absolute Gasteiger partial charge is 0.463 e. The lowest BCUT2D eigenvalue weighted by Crippen LogP contribution is -2.39. The van der Waals surface area contributed by atoms with Crippen molar-refractivity contribution >= 4 is 35.2 Å². The Morgan fingerprint density at radius 3 is 2.78 bits per heavy atom. The van der Waals surface area contributed by atoms with E-state index in [9.17, 15) is 14.3 Å². The van der Waals surface area contributed by atoms with Crippen molar-refractivity contribution in [3.8, 4) is 0 Å². The molecule has 8 heteroatoms. The number of β-amino-alcohol motifs (C(OH)–C–C–N with tert-alkyl or cyclic N) is 1. The number of aryl methyl sites for hydroxylation is 1. The Morgan fingerprint density at radius 1 is 1.28 bits per heavy atom. The number of carbonyl (C=O) groups is 1. The molecular formula is C28H34Cl2FNO4. The van der Waals surface area contributed by atoms with Gasteiger partial charge < -0.3 is 14.6 Å². The number of benzene rings is 2. The molecule has 0 radical (unpaired) electrons. The van der Waals surface area contributed by atoms with Crippen molar-refractivity contribution in [2.75, 3.05) is 26.3 Å². The van der Waals surface area contributed by atoms with Crippen molar-refractivity contribution in [2.45, 2.75) is 58.3 Å². The van der Waals surface area contributed by atoms with Crippen molar-refractivity contribution < 1.29 is 23.8 Å². The Kier molecular flexibility index (Phi) is 10.8. The molecule has 0 bridgehead atoms. The second kappa shape index (κ2) is 13.5. The molecule has 0 aromatic heterocycles. The normalized spacial score (nSPS) is 18.0. The summed E-state index contributed by atoms with van der Waals surface area (Å²) in [5.41, 5.74) is 2.86. The van der Waals surface area contributed by atoms with Gasteiger partial charge in [0.15, 0.2) is 0 Å². The zero-order valence-electron chi connectivity index (χ0n) is 21.0. The van der Waals surface area contributed by atoms with Crippen LogP contribution in [0.15, 0.2) is 36.4 Å². The molecule has 1 heterocycles. The molecule has 1 N–H and O–H groups in total. The van der Waals surface area contributed by atoms with E-state index in [1.54, 1.807) is 26.0 Å². The Hall–Kier alpha value is -1.96. The SMILES string of the molecule is CCOC(=O)C=Cc1cc(C)c(F)cc1[C@@H](C)OC[C@H](O)CN1CCC[C@H]1Cc1ccc(Cl)c(Cl)c1. The van der Waals surface area contributed by atoms with Crippen LogP contribution in [0.3, 0.4) is 0 Å². The second-order valence-corrected chi connectivity index (χ2v) is 10.0. The summed E-state index contributed by atoms with van der Waals surface area (Å²) < 4.78 is 25.2. The number of halogens is 3. The van der Waals surface area contributed by atoms with Crippen LogP contribution in [0.4, 0.5) is 4.39 Å². The topological polar surface area (TPSA) is 59.0 Å². The van der Waals surface area contributed by atoms with E-state index in [0.29, 0.717) is 39.3 Å². The Bertz CT molecular complexity index is 1080. The highest BCUT2D eigenvalue weighted by Crippen LogP contribution is 2.28. The summed E-state index contributed by atoms with van der Waals surface area (Å²) in [6, 6.07) is 9.10. The van der Waals surface area contributed by atoms with E-state index >= 15 is 0 Å². The number of likely N-dealkylation sites (tertiary alicyclic amines) is 1. The van der Waals surface area contributed by atoms with Crippen molar-refractivity contribution in [1.82, 2.24) is 4.90 Å². The molecule has 0 saturated carbocycles. The van der Waals surface area contributed by atoms with Crippen LogP contribution in [0.2, 0.25) is 10.0 Å². The van der Waals surface area contributed by atoms with Crippen molar-refractivity contribution in [3.63, 3.8) is 0 Å². The molecule has 2 aromatic rings. The van der Waals surface area contributed by atoms with Gasteiger partial charge in [0.05, 0.1) is 35.5 Å². The predicted molar refractivity (Wildman–Crippen MR) is 142 cm³/mol. The highest BCUT2D eigenvalue weighted by atomic mass is 35.5. The molecule has 0 unspecified atom stereocenters. The average Bonchev–Trinajstić information content (AvgIpc) is 3.26. The molecule has 1 fully saturated rings. The first-order valence-electron chi connectivity index (χ1n) is 12.3. The van der Waals surface area contributed by atoms with Crippen molar-refractivity contribution in [3.05, 3.63) is 74.5 Å². The zero-order valence-corrected chi connectivity index (χ0v) is 22.5. The summed E-state index contributed by atoms with van der Waals surface area (Å²) in [4.78, 5) is 14.0. The van der Waals surface area contributed by atoms with Crippen LogP contribution in [-0.4, -0.2) is 54.4 Å². The van der Waals surface area contributed by atoms with Gasteiger partial charge >= 0.3 is 5.97 Å². The molecule has 196 valence electrons. The molecule has 0 amide bonds. The third kappa shape index (κ3) is 8.02. The molecule has 1 aliphatic rings. The lowest BCUT2D eigenvalue weighted by molar-refractivity contribution is -0.137. The van der Waals surface area contributed by atoms with Crippen LogP contribution in [0.5, 0.6) is 0 Å². The number of rotatable bonds is 11. The lowest BCUT2D eigenvalue weighted by atomic mass is 9.99. The van der Waals surface area contributed by atoms with Crippen LogP contribution in [0.1, 0.15) is 55.0 Å². The van der Waals surface area contributed by atoms with Gasteiger partial charge in [-0.3, -0.25) is 4.90 Å². The first-order valence-corrected chi connectivity index (χ1v) is 13.1. The Morgan fingerprint density at radius 2 is 2.06 bits per heavy atom. The minimum Gasteiger partial charge on any atom is -0.463 e. The fraction of sp³-hybridized carbons (Fsp3) is 0.464. The number of carbonyl (C=O) groups excluding carboxylic acids is 1. The summed E-state index contributed by atoms with van der Waals surface area (Å²) in [6.07, 6.45) is 4.69. The summed E-state index contributed by atoms with van der Waals surface area (Å²) in [5, 5.41) is 11.8. The number of aliphatic hydroxyl groups is 1. The smallest absolute Gasteiger partial charge is 0.330 e. The molecule has 0 spiro atoms. The van der Waals surface area contributed by atoms with Crippen LogP contribution < -0.4 is 0 Å². The third-order valence-corrected chi connectivity index (χ3v) is 7.17. The van der Waals surface area contributed by atoms with E-state index in [4.69, 9.17) is 32.7 Å². The molecule has 1 saturated heterocycles. The Balaban J connectivity index is 1.59. The van der Waals surface area contributed by atoms with Gasteiger partial charge in [-0.05, 0) is 99.2 Å². The molecular weight excluding hydrogens is 504 g/mol. The van der Waals surface area contributed by atoms with Gasteiger partial charge in [-0.1, -0.05) is 29.3 Å². The monoisotopic (exact) mass is 537 g/mol. The van der Waals surface area contributed by atoms with Crippen LogP contribution in [0, 0.1) is 12.7 Å². The number of aliphatic hydroxyl groups excluding tert-OH is 1. The number of esters is 1. The quantitative estimate of drug-likeness (QED) is 0.274. The minimum absolute atomic E-state index is 0.105. The molecule has 0 aliphatic carbocycles.